The van der Waals surface area contributed by atoms with E-state index in [1.165, 1.54) is 23.2 Å². The van der Waals surface area contributed by atoms with Crippen LogP contribution in [0.1, 0.15) is 18.4 Å². The monoisotopic (exact) mass is 373 g/mol. The van der Waals surface area contributed by atoms with Gasteiger partial charge in [0.25, 0.3) is 11.6 Å². The molecule has 1 aliphatic rings. The fourth-order valence-electron chi connectivity index (χ4n) is 3.42. The number of amides is 1. The van der Waals surface area contributed by atoms with Crippen molar-refractivity contribution in [2.45, 2.75) is 12.8 Å². The Morgan fingerprint density at radius 2 is 1.71 bits per heavy atom. The number of carbonyl (C=O) groups excluding carboxylic acids is 1. The minimum atomic E-state index is -1.25. The van der Waals surface area contributed by atoms with E-state index in [4.69, 9.17) is 0 Å². The van der Waals surface area contributed by atoms with Gasteiger partial charge in [-0.05, 0) is 19.1 Å². The van der Waals surface area contributed by atoms with Crippen LogP contribution >= 0.6 is 0 Å². The number of hydrazone groups is 1. The van der Waals surface area contributed by atoms with E-state index in [0.717, 1.165) is 0 Å². The standard InChI is InChI=1S/C20H15N5O3/c1-13-18(20(26)24(23-13)15-7-3-2-4-8-15)19(14(11-21)12-22)16-9-5-6-10-17(16)25(27)28/h2-10,14,18-19H,1H3/t18-,19+/m0/s1. The zero-order chi connectivity index (χ0) is 20.3. The number of hydrogen-bond donors (Lipinski definition) is 0. The second kappa shape index (κ2) is 7.68. The highest BCUT2D eigenvalue weighted by Crippen LogP contribution is 2.41. The molecule has 0 aliphatic carbocycles. The number of nitro groups is 1. The Bertz CT molecular complexity index is 1020. The molecular weight excluding hydrogens is 358 g/mol. The van der Waals surface area contributed by atoms with Crippen LogP contribution in [0.25, 0.3) is 0 Å². The first-order valence-electron chi connectivity index (χ1n) is 8.46. The first-order valence-corrected chi connectivity index (χ1v) is 8.46. The van der Waals surface area contributed by atoms with Gasteiger partial charge >= 0.3 is 0 Å². The number of carbonyl (C=O) groups is 1. The molecule has 0 N–H and O–H groups in total. The highest BCUT2D eigenvalue weighted by molar-refractivity contribution is 6.15. The molecule has 0 aromatic heterocycles. The topological polar surface area (TPSA) is 123 Å². The molecule has 3 rings (SSSR count). The lowest BCUT2D eigenvalue weighted by atomic mass is 9.75. The Morgan fingerprint density at radius 3 is 2.32 bits per heavy atom. The van der Waals surface area contributed by atoms with E-state index in [1.807, 2.05) is 12.1 Å². The lowest BCUT2D eigenvalue weighted by Crippen LogP contribution is -2.34. The molecule has 0 spiro atoms. The van der Waals surface area contributed by atoms with Crippen molar-refractivity contribution in [1.82, 2.24) is 0 Å². The van der Waals surface area contributed by atoms with E-state index in [9.17, 15) is 25.4 Å². The molecule has 8 heteroatoms. The number of anilines is 1. The molecular formula is C20H15N5O3. The third-order valence-corrected chi connectivity index (χ3v) is 4.67. The van der Waals surface area contributed by atoms with Crippen LogP contribution in [0.5, 0.6) is 0 Å². The summed E-state index contributed by atoms with van der Waals surface area (Å²) in [5, 5.41) is 36.0. The maximum atomic E-state index is 13.2. The van der Waals surface area contributed by atoms with Gasteiger partial charge in [-0.1, -0.05) is 36.4 Å². The molecule has 0 saturated heterocycles. The Kier molecular flexibility index (Phi) is 5.14. The molecule has 0 saturated carbocycles. The van der Waals surface area contributed by atoms with E-state index in [1.54, 1.807) is 43.3 Å². The zero-order valence-corrected chi connectivity index (χ0v) is 14.9. The van der Waals surface area contributed by atoms with Crippen LogP contribution in [-0.4, -0.2) is 16.5 Å². The highest BCUT2D eigenvalue weighted by Gasteiger charge is 2.46. The Labute approximate surface area is 161 Å². The van der Waals surface area contributed by atoms with Crippen LogP contribution in [0.15, 0.2) is 59.7 Å². The van der Waals surface area contributed by atoms with E-state index >= 15 is 0 Å². The van der Waals surface area contributed by atoms with Crippen LogP contribution in [0.3, 0.4) is 0 Å². The van der Waals surface area contributed by atoms with Crippen LogP contribution in [0, 0.1) is 44.6 Å². The molecule has 28 heavy (non-hydrogen) atoms. The van der Waals surface area contributed by atoms with Gasteiger partial charge in [0.05, 0.1) is 28.7 Å². The number of benzene rings is 2. The largest absolute Gasteiger partial charge is 0.272 e. The highest BCUT2D eigenvalue weighted by atomic mass is 16.6. The van der Waals surface area contributed by atoms with Crippen LogP contribution in [0.2, 0.25) is 0 Å². The van der Waals surface area contributed by atoms with Gasteiger partial charge in [0.15, 0.2) is 0 Å². The smallest absolute Gasteiger partial charge is 0.272 e. The minimum absolute atomic E-state index is 0.170. The Morgan fingerprint density at radius 1 is 1.11 bits per heavy atom. The van der Waals surface area contributed by atoms with Gasteiger partial charge in [-0.15, -0.1) is 0 Å². The third-order valence-electron chi connectivity index (χ3n) is 4.67. The molecule has 1 amide bonds. The summed E-state index contributed by atoms with van der Waals surface area (Å²) in [5.74, 6) is -3.65. The van der Waals surface area contributed by atoms with Crippen molar-refractivity contribution in [2.24, 2.45) is 16.9 Å². The fraction of sp³-hybridized carbons (Fsp3) is 0.200. The predicted molar refractivity (Wildman–Crippen MR) is 101 cm³/mol. The molecule has 0 fully saturated rings. The van der Waals surface area contributed by atoms with Crippen LogP contribution in [0.4, 0.5) is 11.4 Å². The van der Waals surface area contributed by atoms with Crippen LogP contribution < -0.4 is 5.01 Å². The molecule has 1 heterocycles. The number of nitrogens with zero attached hydrogens (tertiary/aromatic N) is 5. The molecule has 1 aliphatic heterocycles. The SMILES string of the molecule is CC1=NN(c2ccccc2)C(=O)[C@@H]1[C@@H](c1ccccc1[N+](=O)[O-])C(C#N)C#N. The number of para-hydroxylation sites is 2. The molecule has 8 nitrogen and oxygen atoms in total. The van der Waals surface area contributed by atoms with E-state index in [2.05, 4.69) is 5.10 Å². The van der Waals surface area contributed by atoms with Crippen molar-refractivity contribution in [2.75, 3.05) is 5.01 Å². The molecule has 0 bridgehead atoms. The lowest BCUT2D eigenvalue weighted by molar-refractivity contribution is -0.385. The summed E-state index contributed by atoms with van der Waals surface area (Å²) in [6.45, 7) is 1.62. The van der Waals surface area contributed by atoms with Gasteiger partial charge in [-0.3, -0.25) is 14.9 Å². The van der Waals surface area contributed by atoms with E-state index in [0.29, 0.717) is 11.4 Å². The Balaban J connectivity index is 2.12. The van der Waals surface area contributed by atoms with E-state index < -0.39 is 28.6 Å². The van der Waals surface area contributed by atoms with Crippen molar-refractivity contribution in [3.05, 3.63) is 70.3 Å². The Hall–Kier alpha value is -4.04. The van der Waals surface area contributed by atoms with Crippen molar-refractivity contribution in [3.63, 3.8) is 0 Å². The summed E-state index contributed by atoms with van der Waals surface area (Å²) < 4.78 is 0. The number of hydrogen-bond acceptors (Lipinski definition) is 6. The fourth-order valence-corrected chi connectivity index (χ4v) is 3.42. The normalized spacial score (nSPS) is 17.0. The number of rotatable bonds is 5. The van der Waals surface area contributed by atoms with Gasteiger partial charge in [0, 0.05) is 23.3 Å². The van der Waals surface area contributed by atoms with Crippen molar-refractivity contribution < 1.29 is 9.72 Å². The van der Waals surface area contributed by atoms with Gasteiger partial charge in [0.1, 0.15) is 5.92 Å². The summed E-state index contributed by atoms with van der Waals surface area (Å²) in [6, 6.07) is 18.4. The van der Waals surface area contributed by atoms with E-state index in [-0.39, 0.29) is 11.3 Å². The molecule has 0 unspecified atom stereocenters. The maximum absolute atomic E-state index is 13.2. The van der Waals surface area contributed by atoms with Gasteiger partial charge in [-0.25, -0.2) is 5.01 Å². The summed E-state index contributed by atoms with van der Waals surface area (Å²) in [6.07, 6.45) is 0. The summed E-state index contributed by atoms with van der Waals surface area (Å²) in [7, 11) is 0. The molecule has 2 aromatic rings. The first kappa shape index (κ1) is 18.7. The van der Waals surface area contributed by atoms with Crippen LogP contribution in [-0.2, 0) is 4.79 Å². The second-order valence-corrected chi connectivity index (χ2v) is 6.28. The van der Waals surface area contributed by atoms with Crippen molar-refractivity contribution in [3.8, 4) is 12.1 Å². The molecule has 138 valence electrons. The first-order chi connectivity index (χ1) is 13.5. The van der Waals surface area contributed by atoms with Gasteiger partial charge in [-0.2, -0.15) is 15.6 Å². The maximum Gasteiger partial charge on any atom is 0.272 e. The molecule has 2 atom stereocenters. The number of nitriles is 2. The van der Waals surface area contributed by atoms with Crippen molar-refractivity contribution >= 4 is 23.0 Å². The summed E-state index contributed by atoms with van der Waals surface area (Å²) in [4.78, 5) is 24.1. The zero-order valence-electron chi connectivity index (χ0n) is 14.9. The average molecular weight is 373 g/mol. The quantitative estimate of drug-likeness (QED) is 0.587. The lowest BCUT2D eigenvalue weighted by Gasteiger charge is -2.24. The average Bonchev–Trinajstić information content (AvgIpc) is 3.01. The number of nitro benzene ring substituents is 1. The minimum Gasteiger partial charge on any atom is -0.272 e. The third kappa shape index (κ3) is 3.19. The summed E-state index contributed by atoms with van der Waals surface area (Å²) >= 11 is 0. The van der Waals surface area contributed by atoms with Gasteiger partial charge < -0.3 is 0 Å². The second-order valence-electron chi connectivity index (χ2n) is 6.28. The summed E-state index contributed by atoms with van der Waals surface area (Å²) in [5.41, 5.74) is 0.874. The predicted octanol–water partition coefficient (Wildman–Crippen LogP) is 3.38. The van der Waals surface area contributed by atoms with Crippen molar-refractivity contribution in [1.29, 1.82) is 10.5 Å². The molecule has 2 aromatic carbocycles. The van der Waals surface area contributed by atoms with Gasteiger partial charge in [0.2, 0.25) is 0 Å². The molecule has 0 radical (unpaired) electrons.